The number of aromatic nitrogens is 1. The number of pyridine rings is 1. The van der Waals surface area contributed by atoms with E-state index in [-0.39, 0.29) is 23.8 Å². The lowest BCUT2D eigenvalue weighted by Gasteiger charge is -2.03. The van der Waals surface area contributed by atoms with Crippen molar-refractivity contribution in [3.63, 3.8) is 0 Å². The van der Waals surface area contributed by atoms with Crippen LogP contribution in [0.5, 0.6) is 0 Å². The maximum Gasteiger partial charge on any atom is 0.356 e. The highest BCUT2D eigenvalue weighted by Crippen LogP contribution is 2.09. The zero-order chi connectivity index (χ0) is 13.7. The molecule has 4 heteroatoms. The van der Waals surface area contributed by atoms with Crippen molar-refractivity contribution in [1.82, 2.24) is 4.98 Å². The van der Waals surface area contributed by atoms with Gasteiger partial charge in [0.05, 0.1) is 6.61 Å². The molecule has 0 N–H and O–H groups in total. The fraction of sp³-hybridized carbons (Fsp3) is 0.133. The van der Waals surface area contributed by atoms with E-state index in [1.807, 2.05) is 6.07 Å². The number of carbonyl (C=O) groups excluding carboxylic acids is 2. The minimum Gasteiger partial charge on any atom is -0.461 e. The summed E-state index contributed by atoms with van der Waals surface area (Å²) in [5.41, 5.74) is 0.913. The van der Waals surface area contributed by atoms with Gasteiger partial charge in [-0.3, -0.25) is 4.79 Å². The zero-order valence-corrected chi connectivity index (χ0v) is 10.5. The van der Waals surface area contributed by atoms with Crippen molar-refractivity contribution in [3.8, 4) is 0 Å². The number of benzene rings is 1. The third-order valence-electron chi connectivity index (χ3n) is 2.50. The Morgan fingerprint density at radius 3 is 2.37 bits per heavy atom. The summed E-state index contributed by atoms with van der Waals surface area (Å²) in [6, 6.07) is 13.5. The molecule has 2 aromatic rings. The van der Waals surface area contributed by atoms with Crippen molar-refractivity contribution in [2.45, 2.75) is 6.92 Å². The van der Waals surface area contributed by atoms with Crippen LogP contribution in [0.4, 0.5) is 0 Å². The topological polar surface area (TPSA) is 56.3 Å². The molecular weight excluding hydrogens is 242 g/mol. The molecule has 0 fully saturated rings. The number of ether oxygens (including phenoxy) is 1. The van der Waals surface area contributed by atoms with Crippen molar-refractivity contribution in [2.75, 3.05) is 6.61 Å². The molecule has 0 amide bonds. The third kappa shape index (κ3) is 3.04. The maximum absolute atomic E-state index is 12.2. The summed E-state index contributed by atoms with van der Waals surface area (Å²) >= 11 is 0. The average molecular weight is 255 g/mol. The second kappa shape index (κ2) is 5.91. The first-order chi connectivity index (χ1) is 9.22. The van der Waals surface area contributed by atoms with Gasteiger partial charge >= 0.3 is 5.97 Å². The highest BCUT2D eigenvalue weighted by atomic mass is 16.5. The van der Waals surface area contributed by atoms with Crippen LogP contribution in [-0.2, 0) is 4.74 Å². The van der Waals surface area contributed by atoms with Gasteiger partial charge in [0.1, 0.15) is 11.4 Å². The predicted octanol–water partition coefficient (Wildman–Crippen LogP) is 2.49. The molecular formula is C15H13NO3. The zero-order valence-electron chi connectivity index (χ0n) is 10.5. The maximum atomic E-state index is 12.2. The molecule has 19 heavy (non-hydrogen) atoms. The second-order valence-electron chi connectivity index (χ2n) is 3.82. The van der Waals surface area contributed by atoms with E-state index in [0.717, 1.165) is 0 Å². The monoisotopic (exact) mass is 255 g/mol. The van der Waals surface area contributed by atoms with E-state index < -0.39 is 5.97 Å². The lowest BCUT2D eigenvalue weighted by molar-refractivity contribution is 0.0519. The van der Waals surface area contributed by atoms with E-state index in [9.17, 15) is 9.59 Å². The summed E-state index contributed by atoms with van der Waals surface area (Å²) in [5, 5.41) is 0. The molecule has 0 radical (unpaired) electrons. The van der Waals surface area contributed by atoms with Gasteiger partial charge in [-0.15, -0.1) is 0 Å². The van der Waals surface area contributed by atoms with Gasteiger partial charge in [0.15, 0.2) is 0 Å². The lowest BCUT2D eigenvalue weighted by atomic mass is 10.1. The van der Waals surface area contributed by atoms with Gasteiger partial charge in [-0.2, -0.15) is 0 Å². The number of ketones is 1. The van der Waals surface area contributed by atoms with Gasteiger partial charge in [-0.1, -0.05) is 36.4 Å². The first-order valence-electron chi connectivity index (χ1n) is 5.96. The molecule has 0 atom stereocenters. The number of hydrogen-bond donors (Lipinski definition) is 0. The van der Waals surface area contributed by atoms with E-state index in [0.29, 0.717) is 5.56 Å². The molecule has 0 bridgehead atoms. The largest absolute Gasteiger partial charge is 0.461 e. The van der Waals surface area contributed by atoms with Crippen LogP contribution in [0.15, 0.2) is 48.5 Å². The van der Waals surface area contributed by atoms with Gasteiger partial charge in [-0.05, 0) is 19.1 Å². The summed E-state index contributed by atoms with van der Waals surface area (Å²) in [4.78, 5) is 27.8. The van der Waals surface area contributed by atoms with Crippen molar-refractivity contribution in [3.05, 3.63) is 65.5 Å². The fourth-order valence-electron chi connectivity index (χ4n) is 1.62. The summed E-state index contributed by atoms with van der Waals surface area (Å²) < 4.78 is 4.86. The van der Waals surface area contributed by atoms with E-state index >= 15 is 0 Å². The Morgan fingerprint density at radius 1 is 1.00 bits per heavy atom. The summed E-state index contributed by atoms with van der Waals surface area (Å²) in [5.74, 6) is -0.739. The van der Waals surface area contributed by atoms with E-state index in [4.69, 9.17) is 4.74 Å². The average Bonchev–Trinajstić information content (AvgIpc) is 2.48. The quantitative estimate of drug-likeness (QED) is 0.622. The molecule has 4 nitrogen and oxygen atoms in total. The van der Waals surface area contributed by atoms with Crippen LogP contribution in [-0.4, -0.2) is 23.3 Å². The van der Waals surface area contributed by atoms with Gasteiger partial charge in [0, 0.05) is 5.56 Å². The van der Waals surface area contributed by atoms with Crippen LogP contribution in [0.25, 0.3) is 0 Å². The van der Waals surface area contributed by atoms with Crippen LogP contribution >= 0.6 is 0 Å². The molecule has 0 saturated carbocycles. The molecule has 2 rings (SSSR count). The lowest BCUT2D eigenvalue weighted by Crippen LogP contribution is -2.11. The SMILES string of the molecule is CCOC(=O)c1cccc(C(=O)c2ccccc2)n1. The summed E-state index contributed by atoms with van der Waals surface area (Å²) in [6.45, 7) is 1.99. The van der Waals surface area contributed by atoms with Crippen molar-refractivity contribution in [2.24, 2.45) is 0 Å². The predicted molar refractivity (Wildman–Crippen MR) is 70.1 cm³/mol. The number of nitrogens with zero attached hydrogens (tertiary/aromatic N) is 1. The van der Waals surface area contributed by atoms with Crippen molar-refractivity contribution in [1.29, 1.82) is 0 Å². The van der Waals surface area contributed by atoms with Gasteiger partial charge in [0.2, 0.25) is 5.78 Å². The Morgan fingerprint density at radius 2 is 1.68 bits per heavy atom. The molecule has 96 valence electrons. The Kier molecular flexibility index (Phi) is 4.03. The highest BCUT2D eigenvalue weighted by molar-refractivity contribution is 6.08. The molecule has 1 aromatic carbocycles. The smallest absolute Gasteiger partial charge is 0.356 e. The Bertz CT molecular complexity index is 593. The van der Waals surface area contributed by atoms with E-state index in [1.165, 1.54) is 6.07 Å². The van der Waals surface area contributed by atoms with Crippen molar-refractivity contribution < 1.29 is 14.3 Å². The van der Waals surface area contributed by atoms with Gasteiger partial charge in [-0.25, -0.2) is 9.78 Å². The molecule has 0 spiro atoms. The minimum absolute atomic E-state index is 0.142. The Balaban J connectivity index is 2.29. The standard InChI is InChI=1S/C15H13NO3/c1-2-19-15(18)13-10-6-9-12(16-13)14(17)11-7-4-3-5-8-11/h3-10H,2H2,1H3. The van der Waals surface area contributed by atoms with Gasteiger partial charge < -0.3 is 4.74 Å². The molecule has 0 aliphatic carbocycles. The van der Waals surface area contributed by atoms with Gasteiger partial charge in [0.25, 0.3) is 0 Å². The fourth-order valence-corrected chi connectivity index (χ4v) is 1.62. The summed E-state index contributed by atoms with van der Waals surface area (Å²) in [6.07, 6.45) is 0. The number of esters is 1. The van der Waals surface area contributed by atoms with Crippen LogP contribution in [0, 0.1) is 0 Å². The van der Waals surface area contributed by atoms with Crippen molar-refractivity contribution >= 4 is 11.8 Å². The number of rotatable bonds is 4. The molecule has 1 heterocycles. The van der Waals surface area contributed by atoms with Crippen LogP contribution in [0.2, 0.25) is 0 Å². The molecule has 0 saturated heterocycles. The molecule has 0 aliphatic rings. The molecule has 0 aliphatic heterocycles. The van der Waals surface area contributed by atoms with E-state index in [1.54, 1.807) is 43.3 Å². The highest BCUT2D eigenvalue weighted by Gasteiger charge is 2.14. The number of hydrogen-bond acceptors (Lipinski definition) is 4. The Labute approximate surface area is 111 Å². The molecule has 0 unspecified atom stereocenters. The third-order valence-corrected chi connectivity index (χ3v) is 2.50. The minimum atomic E-state index is -0.523. The first kappa shape index (κ1) is 13.0. The van der Waals surface area contributed by atoms with E-state index in [2.05, 4.69) is 4.98 Å². The van der Waals surface area contributed by atoms with Crippen LogP contribution in [0.3, 0.4) is 0 Å². The normalized spacial score (nSPS) is 9.95. The second-order valence-corrected chi connectivity index (χ2v) is 3.82. The summed E-state index contributed by atoms with van der Waals surface area (Å²) in [7, 11) is 0. The van der Waals surface area contributed by atoms with Crippen LogP contribution < -0.4 is 0 Å². The molecule has 1 aromatic heterocycles. The Hall–Kier alpha value is -2.49. The first-order valence-corrected chi connectivity index (χ1v) is 5.96. The number of carbonyl (C=O) groups is 2. The van der Waals surface area contributed by atoms with Crippen LogP contribution in [0.1, 0.15) is 33.5 Å².